The largest absolute Gasteiger partial charge is 0.462 e. The van der Waals surface area contributed by atoms with Gasteiger partial charge >= 0.3 is 12.1 Å². The summed E-state index contributed by atoms with van der Waals surface area (Å²) in [5.74, 6) is -1.05. The van der Waals surface area contributed by atoms with Gasteiger partial charge in [0.1, 0.15) is 0 Å². The molecule has 1 aromatic heterocycles. The van der Waals surface area contributed by atoms with Gasteiger partial charge in [-0.3, -0.25) is 0 Å². The zero-order valence-corrected chi connectivity index (χ0v) is 10.9. The van der Waals surface area contributed by atoms with Crippen molar-refractivity contribution in [2.45, 2.75) is 33.4 Å². The number of pyridine rings is 1. The Balaban J connectivity index is 3.62. The Morgan fingerprint density at radius 3 is 2.37 bits per heavy atom. The van der Waals surface area contributed by atoms with Crippen LogP contribution in [0.15, 0.2) is 0 Å². The van der Waals surface area contributed by atoms with Gasteiger partial charge in [0, 0.05) is 0 Å². The molecule has 1 heterocycles. The Labute approximate surface area is 108 Å². The molecule has 0 fully saturated rings. The number of ether oxygens (including phenoxy) is 1. The maximum atomic E-state index is 13.0. The van der Waals surface area contributed by atoms with Crippen LogP contribution in [-0.4, -0.2) is 17.6 Å². The summed E-state index contributed by atoms with van der Waals surface area (Å²) in [7, 11) is 0. The summed E-state index contributed by atoms with van der Waals surface area (Å²) in [5, 5.41) is 0. The van der Waals surface area contributed by atoms with E-state index in [2.05, 4.69) is 9.72 Å². The molecule has 106 valence electrons. The molecule has 0 atom stereocenters. The zero-order chi connectivity index (χ0) is 14.8. The number of hydrogen-bond acceptors (Lipinski definition) is 4. The molecule has 0 saturated heterocycles. The highest BCUT2D eigenvalue weighted by molar-refractivity contribution is 5.94. The quantitative estimate of drug-likeness (QED) is 0.862. The van der Waals surface area contributed by atoms with E-state index >= 15 is 0 Å². The van der Waals surface area contributed by atoms with Gasteiger partial charge in [0.25, 0.3) is 0 Å². The van der Waals surface area contributed by atoms with Crippen LogP contribution in [0.1, 0.15) is 41.2 Å². The molecule has 0 aliphatic rings. The highest BCUT2D eigenvalue weighted by atomic mass is 19.4. The maximum absolute atomic E-state index is 13.0. The third kappa shape index (κ3) is 2.97. The van der Waals surface area contributed by atoms with E-state index in [-0.39, 0.29) is 30.0 Å². The number of carbonyl (C=O) groups excluding carboxylic acids is 1. The van der Waals surface area contributed by atoms with Crippen molar-refractivity contribution >= 4 is 11.7 Å². The predicted molar refractivity (Wildman–Crippen MR) is 63.7 cm³/mol. The molecule has 1 aromatic rings. The lowest BCUT2D eigenvalue weighted by Gasteiger charge is -2.17. The smallest absolute Gasteiger partial charge is 0.434 e. The van der Waals surface area contributed by atoms with Gasteiger partial charge in [-0.15, -0.1) is 0 Å². The van der Waals surface area contributed by atoms with E-state index < -0.39 is 23.4 Å². The molecule has 4 nitrogen and oxygen atoms in total. The zero-order valence-electron chi connectivity index (χ0n) is 10.9. The molecule has 0 radical (unpaired) electrons. The molecule has 2 N–H and O–H groups in total. The normalized spacial score (nSPS) is 11.5. The molecule has 0 unspecified atom stereocenters. The third-order valence-corrected chi connectivity index (χ3v) is 2.63. The van der Waals surface area contributed by atoms with Crippen LogP contribution in [0.25, 0.3) is 0 Å². The minimum Gasteiger partial charge on any atom is -0.462 e. The van der Waals surface area contributed by atoms with E-state index in [1.807, 2.05) is 0 Å². The lowest BCUT2D eigenvalue weighted by atomic mass is 10.00. The Hall–Kier alpha value is -1.79. The Bertz CT molecular complexity index is 499. The van der Waals surface area contributed by atoms with Crippen LogP contribution in [0, 0.1) is 6.92 Å². The molecule has 0 amide bonds. The van der Waals surface area contributed by atoms with Crippen molar-refractivity contribution in [3.05, 3.63) is 22.5 Å². The summed E-state index contributed by atoms with van der Waals surface area (Å²) in [4.78, 5) is 15.1. The molecule has 0 saturated carbocycles. The van der Waals surface area contributed by atoms with Gasteiger partial charge < -0.3 is 10.5 Å². The highest BCUT2D eigenvalue weighted by Gasteiger charge is 2.40. The third-order valence-electron chi connectivity index (χ3n) is 2.63. The fourth-order valence-corrected chi connectivity index (χ4v) is 1.78. The molecule has 0 spiro atoms. The van der Waals surface area contributed by atoms with E-state index in [4.69, 9.17) is 5.73 Å². The van der Waals surface area contributed by atoms with E-state index in [1.165, 1.54) is 13.8 Å². The number of carbonyl (C=O) groups is 1. The van der Waals surface area contributed by atoms with Gasteiger partial charge in [0.2, 0.25) is 0 Å². The molecular weight excluding hydrogens is 261 g/mol. The van der Waals surface area contributed by atoms with Gasteiger partial charge in [-0.2, -0.15) is 13.2 Å². The second-order valence-electron chi connectivity index (χ2n) is 3.88. The summed E-state index contributed by atoms with van der Waals surface area (Å²) in [6, 6.07) is 0. The second kappa shape index (κ2) is 5.46. The first-order valence-electron chi connectivity index (χ1n) is 5.77. The van der Waals surface area contributed by atoms with Gasteiger partial charge in [-0.05, 0) is 25.8 Å². The molecule has 0 aliphatic heterocycles. The van der Waals surface area contributed by atoms with Crippen LogP contribution in [-0.2, 0) is 17.3 Å². The average Bonchev–Trinajstić information content (AvgIpc) is 2.30. The van der Waals surface area contributed by atoms with Crippen molar-refractivity contribution in [2.24, 2.45) is 0 Å². The second-order valence-corrected chi connectivity index (χ2v) is 3.88. The van der Waals surface area contributed by atoms with E-state index in [0.29, 0.717) is 0 Å². The first-order valence-corrected chi connectivity index (χ1v) is 5.77. The molecular formula is C12H15F3N2O2. The topological polar surface area (TPSA) is 65.2 Å². The maximum Gasteiger partial charge on any atom is 0.434 e. The van der Waals surface area contributed by atoms with Crippen LogP contribution in [0.3, 0.4) is 0 Å². The van der Waals surface area contributed by atoms with Gasteiger partial charge in [0.05, 0.1) is 23.6 Å². The Morgan fingerprint density at radius 1 is 1.37 bits per heavy atom. The SMILES string of the molecule is CCOC(=O)c1c(C(F)(F)F)nc(C)c(N)c1CC. The number of rotatable bonds is 3. The van der Waals surface area contributed by atoms with Crippen molar-refractivity contribution in [3.63, 3.8) is 0 Å². The molecule has 0 bridgehead atoms. The van der Waals surface area contributed by atoms with Crippen LogP contribution in [0.2, 0.25) is 0 Å². The van der Waals surface area contributed by atoms with E-state index in [9.17, 15) is 18.0 Å². The molecule has 0 aliphatic carbocycles. The predicted octanol–water partition coefficient (Wildman–Crippen LogP) is 2.73. The fourth-order valence-electron chi connectivity index (χ4n) is 1.78. The van der Waals surface area contributed by atoms with Gasteiger partial charge in [-0.1, -0.05) is 6.92 Å². The monoisotopic (exact) mass is 276 g/mol. The number of hydrogen-bond donors (Lipinski definition) is 1. The van der Waals surface area contributed by atoms with Crippen molar-refractivity contribution in [1.82, 2.24) is 4.98 Å². The number of alkyl halides is 3. The number of halogens is 3. The Kier molecular flexibility index (Phi) is 4.39. The van der Waals surface area contributed by atoms with Crippen LogP contribution < -0.4 is 5.73 Å². The van der Waals surface area contributed by atoms with Crippen molar-refractivity contribution in [1.29, 1.82) is 0 Å². The van der Waals surface area contributed by atoms with Gasteiger partial charge in [0.15, 0.2) is 5.69 Å². The summed E-state index contributed by atoms with van der Waals surface area (Å²) < 4.78 is 43.6. The Morgan fingerprint density at radius 2 is 1.95 bits per heavy atom. The lowest BCUT2D eigenvalue weighted by molar-refractivity contribution is -0.141. The summed E-state index contributed by atoms with van der Waals surface area (Å²) in [6.45, 7) is 4.49. The fraction of sp³-hybridized carbons (Fsp3) is 0.500. The number of nitrogen functional groups attached to an aromatic ring is 1. The summed E-state index contributed by atoms with van der Waals surface area (Å²) in [6.07, 6.45) is -4.54. The van der Waals surface area contributed by atoms with E-state index in [0.717, 1.165) is 0 Å². The number of anilines is 1. The van der Waals surface area contributed by atoms with Crippen LogP contribution in [0.4, 0.5) is 18.9 Å². The summed E-state index contributed by atoms with van der Waals surface area (Å²) >= 11 is 0. The van der Waals surface area contributed by atoms with Gasteiger partial charge in [-0.25, -0.2) is 9.78 Å². The van der Waals surface area contributed by atoms with Crippen molar-refractivity contribution in [3.8, 4) is 0 Å². The minimum absolute atomic E-state index is 0.0208. The summed E-state index contributed by atoms with van der Waals surface area (Å²) in [5.41, 5.74) is 4.15. The molecule has 19 heavy (non-hydrogen) atoms. The average molecular weight is 276 g/mol. The van der Waals surface area contributed by atoms with E-state index in [1.54, 1.807) is 6.92 Å². The number of nitrogens with two attached hydrogens (primary N) is 1. The number of aryl methyl sites for hydroxylation is 1. The molecule has 1 rings (SSSR count). The first-order chi connectivity index (χ1) is 8.73. The lowest BCUT2D eigenvalue weighted by Crippen LogP contribution is -2.21. The number of esters is 1. The first kappa shape index (κ1) is 15.3. The molecule has 0 aromatic carbocycles. The standard InChI is InChI=1S/C12H15F3N2O2/c1-4-7-8(11(18)19-5-2)10(12(13,14)15)17-6(3)9(7)16/h4-5,16H2,1-3H3. The highest BCUT2D eigenvalue weighted by Crippen LogP contribution is 2.35. The number of nitrogens with zero attached hydrogens (tertiary/aromatic N) is 1. The molecule has 7 heteroatoms. The van der Waals surface area contributed by atoms with Crippen molar-refractivity contribution in [2.75, 3.05) is 12.3 Å². The minimum atomic E-state index is -4.73. The number of aromatic nitrogens is 1. The van der Waals surface area contributed by atoms with Crippen LogP contribution in [0.5, 0.6) is 0 Å². The van der Waals surface area contributed by atoms with Crippen molar-refractivity contribution < 1.29 is 22.7 Å². The van der Waals surface area contributed by atoms with Crippen LogP contribution >= 0.6 is 0 Å².